The molecule has 2 amide bonds. The summed E-state index contributed by atoms with van der Waals surface area (Å²) in [4.78, 5) is 40.2. The lowest BCUT2D eigenvalue weighted by molar-refractivity contribution is -0.166. The summed E-state index contributed by atoms with van der Waals surface area (Å²) in [7, 11) is 0. The molecule has 2 unspecified atom stereocenters. The van der Waals surface area contributed by atoms with Crippen LogP contribution in [-0.2, 0) is 14.4 Å². The predicted molar refractivity (Wildman–Crippen MR) is 93.7 cm³/mol. The zero-order valence-electron chi connectivity index (χ0n) is 14.3. The Morgan fingerprint density at radius 3 is 2.12 bits per heavy atom. The third-order valence-corrected chi connectivity index (χ3v) is 8.62. The van der Waals surface area contributed by atoms with Gasteiger partial charge in [-0.15, -0.1) is 0 Å². The molecular weight excluding hydrogens is 322 g/mol. The molecule has 1 spiro atoms. The highest BCUT2D eigenvalue weighted by Gasteiger charge is 2.81. The summed E-state index contributed by atoms with van der Waals surface area (Å²) in [6.45, 7) is 7.72. The first-order valence-corrected chi connectivity index (χ1v) is 9.28. The SMILES string of the molecule is CC1(C)C(=O)C(C)(C)C12SCC1C(=O)N(c3ccccc3)C(=O)C12. The monoisotopic (exact) mass is 343 g/mol. The second-order valence-electron chi connectivity index (χ2n) is 8.06. The number of imide groups is 1. The van der Waals surface area contributed by atoms with Crippen molar-refractivity contribution in [2.45, 2.75) is 32.4 Å². The largest absolute Gasteiger partial charge is 0.298 e. The molecule has 0 bridgehead atoms. The normalized spacial score (nSPS) is 32.2. The number of para-hydroxylation sites is 1. The number of carbonyl (C=O) groups excluding carboxylic acids is 3. The molecule has 1 aromatic carbocycles. The number of thioether (sulfide) groups is 1. The van der Waals surface area contributed by atoms with Crippen molar-refractivity contribution >= 4 is 35.0 Å². The third kappa shape index (κ3) is 1.46. The van der Waals surface area contributed by atoms with Crippen LogP contribution in [0.4, 0.5) is 5.69 Å². The lowest BCUT2D eigenvalue weighted by Gasteiger charge is -2.65. The van der Waals surface area contributed by atoms with Crippen molar-refractivity contribution < 1.29 is 14.4 Å². The number of rotatable bonds is 1. The van der Waals surface area contributed by atoms with Gasteiger partial charge in [0, 0.05) is 16.6 Å². The lowest BCUT2D eigenvalue weighted by Crippen LogP contribution is -2.75. The molecule has 2 aliphatic heterocycles. The van der Waals surface area contributed by atoms with E-state index in [9.17, 15) is 14.4 Å². The Kier molecular flexibility index (Phi) is 2.98. The molecule has 4 nitrogen and oxygen atoms in total. The van der Waals surface area contributed by atoms with Crippen LogP contribution in [0.2, 0.25) is 0 Å². The van der Waals surface area contributed by atoms with Gasteiger partial charge in [-0.3, -0.25) is 14.4 Å². The molecule has 1 saturated carbocycles. The second kappa shape index (κ2) is 4.51. The maximum Gasteiger partial charge on any atom is 0.239 e. The number of ketones is 1. The fourth-order valence-corrected chi connectivity index (χ4v) is 7.60. The number of nitrogens with zero attached hydrogens (tertiary/aromatic N) is 1. The van der Waals surface area contributed by atoms with Crippen LogP contribution in [0.1, 0.15) is 27.7 Å². The van der Waals surface area contributed by atoms with Crippen molar-refractivity contribution in [2.24, 2.45) is 22.7 Å². The van der Waals surface area contributed by atoms with Crippen LogP contribution in [0.15, 0.2) is 30.3 Å². The first kappa shape index (κ1) is 15.9. The van der Waals surface area contributed by atoms with Crippen molar-refractivity contribution in [1.29, 1.82) is 0 Å². The van der Waals surface area contributed by atoms with Crippen LogP contribution in [0.25, 0.3) is 0 Å². The summed E-state index contributed by atoms with van der Waals surface area (Å²) in [5, 5.41) is 0. The highest BCUT2D eigenvalue weighted by Crippen LogP contribution is 2.74. The first-order chi connectivity index (χ1) is 11.2. The minimum Gasteiger partial charge on any atom is -0.298 e. The van der Waals surface area contributed by atoms with Crippen LogP contribution < -0.4 is 4.90 Å². The first-order valence-electron chi connectivity index (χ1n) is 8.29. The highest BCUT2D eigenvalue weighted by molar-refractivity contribution is 8.01. The van der Waals surface area contributed by atoms with Gasteiger partial charge in [0.15, 0.2) is 0 Å². The van der Waals surface area contributed by atoms with Crippen LogP contribution in [0, 0.1) is 22.7 Å². The molecule has 3 fully saturated rings. The predicted octanol–water partition coefficient (Wildman–Crippen LogP) is 2.91. The second-order valence-corrected chi connectivity index (χ2v) is 9.32. The molecule has 0 radical (unpaired) electrons. The van der Waals surface area contributed by atoms with E-state index in [-0.39, 0.29) is 23.5 Å². The average Bonchev–Trinajstić information content (AvgIpc) is 3.07. The van der Waals surface area contributed by atoms with Crippen molar-refractivity contribution in [3.63, 3.8) is 0 Å². The van der Waals surface area contributed by atoms with Crippen molar-refractivity contribution in [2.75, 3.05) is 10.7 Å². The van der Waals surface area contributed by atoms with Crippen molar-refractivity contribution in [1.82, 2.24) is 0 Å². The van der Waals surface area contributed by atoms with Gasteiger partial charge < -0.3 is 0 Å². The van der Waals surface area contributed by atoms with E-state index in [4.69, 9.17) is 0 Å². The molecular formula is C19H21NO3S. The number of anilines is 1. The molecule has 1 aliphatic carbocycles. The minimum absolute atomic E-state index is 0.119. The Balaban J connectivity index is 1.82. The van der Waals surface area contributed by atoms with Gasteiger partial charge in [-0.05, 0) is 12.1 Å². The average molecular weight is 343 g/mol. The number of benzene rings is 1. The minimum atomic E-state index is -0.594. The van der Waals surface area contributed by atoms with Crippen molar-refractivity contribution in [3.8, 4) is 0 Å². The standard InChI is InChI=1S/C19H21NO3S/c1-17(2)16(23)18(3,4)19(17)13-12(10-24-19)14(21)20(15(13)22)11-8-6-5-7-9-11/h5-9,12-13H,10H2,1-4H3. The quantitative estimate of drug-likeness (QED) is 0.736. The summed E-state index contributed by atoms with van der Waals surface area (Å²) in [5.74, 6) is -0.214. The van der Waals surface area contributed by atoms with Gasteiger partial charge in [0.2, 0.25) is 11.8 Å². The molecule has 4 rings (SSSR count). The molecule has 126 valence electrons. The van der Waals surface area contributed by atoms with Gasteiger partial charge in [-0.25, -0.2) is 4.90 Å². The fraction of sp³-hybridized carbons (Fsp3) is 0.526. The Morgan fingerprint density at radius 2 is 1.54 bits per heavy atom. The Hall–Kier alpha value is -1.62. The maximum atomic E-state index is 13.3. The zero-order chi connectivity index (χ0) is 17.5. The summed E-state index contributed by atoms with van der Waals surface area (Å²) in [6, 6.07) is 9.10. The number of Topliss-reactive ketones (excluding diaryl/α,β-unsaturated/α-hetero) is 1. The summed E-state index contributed by atoms with van der Waals surface area (Å²) in [5.41, 5.74) is -0.560. The van der Waals surface area contributed by atoms with E-state index in [2.05, 4.69) is 0 Å². The molecule has 2 heterocycles. The Labute approximate surface area is 146 Å². The molecule has 1 aromatic rings. The summed E-state index contributed by atoms with van der Waals surface area (Å²) < 4.78 is -0.502. The Bertz CT molecular complexity index is 750. The Morgan fingerprint density at radius 1 is 0.958 bits per heavy atom. The third-order valence-electron chi connectivity index (χ3n) is 6.36. The van der Waals surface area contributed by atoms with E-state index in [1.165, 1.54) is 4.90 Å². The van der Waals surface area contributed by atoms with E-state index in [0.29, 0.717) is 11.4 Å². The molecule has 3 aliphatic rings. The van der Waals surface area contributed by atoms with Gasteiger partial charge in [-0.2, -0.15) is 11.8 Å². The van der Waals surface area contributed by atoms with Gasteiger partial charge in [0.1, 0.15) is 5.78 Å². The van der Waals surface area contributed by atoms with Gasteiger partial charge in [0.25, 0.3) is 0 Å². The maximum absolute atomic E-state index is 13.3. The lowest BCUT2D eigenvalue weighted by atomic mass is 9.42. The van der Waals surface area contributed by atoms with Crippen LogP contribution in [0.3, 0.4) is 0 Å². The molecule has 2 atom stereocenters. The number of amides is 2. The van der Waals surface area contributed by atoms with E-state index in [1.54, 1.807) is 23.9 Å². The topological polar surface area (TPSA) is 54.5 Å². The van der Waals surface area contributed by atoms with Crippen LogP contribution in [0.5, 0.6) is 0 Å². The highest BCUT2D eigenvalue weighted by atomic mass is 32.2. The molecule has 24 heavy (non-hydrogen) atoms. The number of hydrogen-bond donors (Lipinski definition) is 0. The molecule has 5 heteroatoms. The van der Waals surface area contributed by atoms with E-state index < -0.39 is 21.5 Å². The summed E-state index contributed by atoms with van der Waals surface area (Å²) in [6.07, 6.45) is 0. The van der Waals surface area contributed by atoms with Crippen molar-refractivity contribution in [3.05, 3.63) is 30.3 Å². The van der Waals surface area contributed by atoms with Crippen LogP contribution >= 0.6 is 11.8 Å². The van der Waals surface area contributed by atoms with E-state index in [0.717, 1.165) is 0 Å². The van der Waals surface area contributed by atoms with Gasteiger partial charge in [0.05, 0.1) is 22.3 Å². The zero-order valence-corrected chi connectivity index (χ0v) is 15.1. The van der Waals surface area contributed by atoms with Crippen LogP contribution in [-0.4, -0.2) is 28.1 Å². The number of hydrogen-bond acceptors (Lipinski definition) is 4. The van der Waals surface area contributed by atoms with E-state index in [1.807, 2.05) is 45.9 Å². The van der Waals surface area contributed by atoms with Gasteiger partial charge in [-0.1, -0.05) is 45.9 Å². The fourth-order valence-electron chi connectivity index (χ4n) is 5.47. The molecule has 0 N–H and O–H groups in total. The summed E-state index contributed by atoms with van der Waals surface area (Å²) >= 11 is 1.66. The number of carbonyl (C=O) groups is 3. The molecule has 0 aromatic heterocycles. The smallest absolute Gasteiger partial charge is 0.239 e. The molecule has 2 saturated heterocycles. The number of fused-ring (bicyclic) bond motifs is 2. The van der Waals surface area contributed by atoms with E-state index >= 15 is 0 Å². The van der Waals surface area contributed by atoms with Gasteiger partial charge >= 0.3 is 0 Å².